The molecule has 19 heavy (non-hydrogen) atoms. The van der Waals surface area contributed by atoms with Gasteiger partial charge in [-0.1, -0.05) is 11.8 Å². The normalized spacial score (nSPS) is 9.53. The zero-order valence-electron chi connectivity index (χ0n) is 10.1. The fraction of sp³-hybridized carbons (Fsp3) is 0.154. The third-order valence-electron chi connectivity index (χ3n) is 2.26. The first kappa shape index (κ1) is 13.2. The van der Waals surface area contributed by atoms with Crippen molar-refractivity contribution >= 4 is 17.2 Å². The van der Waals surface area contributed by atoms with Crippen LogP contribution in [0.4, 0.5) is 0 Å². The molecule has 0 unspecified atom stereocenters. The number of aromatic nitrogens is 2. The molecule has 3 N–H and O–H groups in total. The zero-order chi connectivity index (χ0) is 13.5. The number of carbonyl (C=O) groups excluding carboxylic acids is 1. The first-order chi connectivity index (χ1) is 9.31. The first-order valence-electron chi connectivity index (χ1n) is 5.60. The molecule has 0 aromatic carbocycles. The van der Waals surface area contributed by atoms with E-state index in [0.717, 1.165) is 5.69 Å². The van der Waals surface area contributed by atoms with Gasteiger partial charge in [-0.05, 0) is 12.1 Å². The Morgan fingerprint density at radius 2 is 2.37 bits per heavy atom. The molecule has 2 heterocycles. The minimum atomic E-state index is -0.269. The van der Waals surface area contributed by atoms with E-state index in [0.29, 0.717) is 17.8 Å². The molecule has 2 aromatic rings. The Kier molecular flexibility index (Phi) is 4.61. The molecule has 0 bridgehead atoms. The molecule has 5 nitrogen and oxygen atoms in total. The first-order valence-corrected chi connectivity index (χ1v) is 6.54. The summed E-state index contributed by atoms with van der Waals surface area (Å²) in [7, 11) is 0. The third kappa shape index (κ3) is 3.61. The minimum Gasteiger partial charge on any atom is -0.345 e. The van der Waals surface area contributed by atoms with Gasteiger partial charge in [-0.25, -0.2) is 9.97 Å². The Morgan fingerprint density at radius 3 is 3.11 bits per heavy atom. The molecule has 0 saturated carbocycles. The van der Waals surface area contributed by atoms with Gasteiger partial charge in [0.2, 0.25) is 0 Å². The number of rotatable bonds is 3. The Hall–Kier alpha value is -2.23. The quantitative estimate of drug-likeness (QED) is 0.809. The van der Waals surface area contributed by atoms with Gasteiger partial charge in [0.15, 0.2) is 0 Å². The van der Waals surface area contributed by atoms with Gasteiger partial charge >= 0.3 is 0 Å². The van der Waals surface area contributed by atoms with Crippen molar-refractivity contribution in [1.82, 2.24) is 15.3 Å². The number of nitrogens with one attached hydrogen (secondary N) is 1. The van der Waals surface area contributed by atoms with Gasteiger partial charge < -0.3 is 11.1 Å². The second-order valence-corrected chi connectivity index (χ2v) is 4.29. The van der Waals surface area contributed by atoms with Crippen molar-refractivity contribution in [1.29, 1.82) is 0 Å². The van der Waals surface area contributed by atoms with Gasteiger partial charge in [0, 0.05) is 11.6 Å². The largest absolute Gasteiger partial charge is 0.345 e. The molecule has 0 aliphatic carbocycles. The van der Waals surface area contributed by atoms with Crippen LogP contribution >= 0.6 is 11.3 Å². The number of amides is 1. The van der Waals surface area contributed by atoms with E-state index >= 15 is 0 Å². The summed E-state index contributed by atoms with van der Waals surface area (Å²) in [5.74, 6) is 5.28. The Labute approximate surface area is 114 Å². The number of thiazole rings is 1. The number of nitrogens with two attached hydrogens (primary N) is 1. The molecule has 0 saturated heterocycles. The number of nitrogens with zero attached hydrogens (tertiary/aromatic N) is 2. The van der Waals surface area contributed by atoms with Crippen LogP contribution in [0.5, 0.6) is 0 Å². The maximum atomic E-state index is 12.0. The lowest BCUT2D eigenvalue weighted by atomic mass is 10.2. The average molecular weight is 272 g/mol. The van der Waals surface area contributed by atoms with Crippen LogP contribution in [0.15, 0.2) is 29.2 Å². The van der Waals surface area contributed by atoms with Crippen molar-refractivity contribution in [2.24, 2.45) is 5.73 Å². The molecule has 1 amide bonds. The predicted molar refractivity (Wildman–Crippen MR) is 73.5 cm³/mol. The van der Waals surface area contributed by atoms with E-state index in [9.17, 15) is 4.79 Å². The molecule has 2 aromatic heterocycles. The molecule has 0 spiro atoms. The van der Waals surface area contributed by atoms with Crippen LogP contribution in [0.2, 0.25) is 0 Å². The number of hydrogen-bond acceptors (Lipinski definition) is 5. The highest BCUT2D eigenvalue weighted by Gasteiger charge is 2.11. The lowest BCUT2D eigenvalue weighted by Gasteiger charge is -2.04. The Bertz CT molecular complexity index is 613. The molecule has 0 radical (unpaired) electrons. The number of pyridine rings is 1. The molecule has 0 aliphatic heterocycles. The van der Waals surface area contributed by atoms with Crippen LogP contribution in [0.3, 0.4) is 0 Å². The highest BCUT2D eigenvalue weighted by molar-refractivity contribution is 7.07. The van der Waals surface area contributed by atoms with Crippen LogP contribution in [-0.2, 0) is 6.54 Å². The van der Waals surface area contributed by atoms with E-state index in [1.807, 2.05) is 5.38 Å². The van der Waals surface area contributed by atoms with Crippen molar-refractivity contribution < 1.29 is 4.79 Å². The number of hydrogen-bond donors (Lipinski definition) is 2. The summed E-state index contributed by atoms with van der Waals surface area (Å²) in [5, 5.41) is 4.64. The maximum Gasteiger partial charge on any atom is 0.271 e. The van der Waals surface area contributed by atoms with Gasteiger partial charge in [0.05, 0.1) is 29.9 Å². The predicted octanol–water partition coefficient (Wildman–Crippen LogP) is 0.778. The standard InChI is InChI=1S/C13H12N4OS/c14-5-1-3-10-4-2-6-15-12(10)13(18)16-7-11-8-19-9-17-11/h2,4,6,8-9H,5,7,14H2,(H,16,18). The van der Waals surface area contributed by atoms with Gasteiger partial charge in [-0.15, -0.1) is 11.3 Å². The summed E-state index contributed by atoms with van der Waals surface area (Å²) in [4.78, 5) is 20.2. The summed E-state index contributed by atoms with van der Waals surface area (Å²) < 4.78 is 0. The van der Waals surface area contributed by atoms with Gasteiger partial charge in [0.1, 0.15) is 5.69 Å². The highest BCUT2D eigenvalue weighted by Crippen LogP contribution is 2.05. The van der Waals surface area contributed by atoms with Gasteiger partial charge in [-0.2, -0.15) is 0 Å². The van der Waals surface area contributed by atoms with Crippen molar-refractivity contribution in [3.05, 3.63) is 46.2 Å². The van der Waals surface area contributed by atoms with Crippen molar-refractivity contribution in [3.63, 3.8) is 0 Å². The second-order valence-electron chi connectivity index (χ2n) is 3.57. The van der Waals surface area contributed by atoms with E-state index in [1.165, 1.54) is 11.3 Å². The summed E-state index contributed by atoms with van der Waals surface area (Å²) >= 11 is 1.49. The fourth-order valence-electron chi connectivity index (χ4n) is 1.41. The van der Waals surface area contributed by atoms with E-state index in [4.69, 9.17) is 5.73 Å². The highest BCUT2D eigenvalue weighted by atomic mass is 32.1. The molecule has 0 atom stereocenters. The van der Waals surface area contributed by atoms with Gasteiger partial charge in [0.25, 0.3) is 5.91 Å². The summed E-state index contributed by atoms with van der Waals surface area (Å²) in [6.45, 7) is 0.622. The lowest BCUT2D eigenvalue weighted by Crippen LogP contribution is -2.24. The number of carbonyl (C=O) groups is 1. The van der Waals surface area contributed by atoms with E-state index in [1.54, 1.807) is 23.8 Å². The molecule has 0 aliphatic rings. The molecule has 2 rings (SSSR count). The fourth-order valence-corrected chi connectivity index (χ4v) is 1.97. The lowest BCUT2D eigenvalue weighted by molar-refractivity contribution is 0.0945. The molecule has 0 fully saturated rings. The molecule has 6 heteroatoms. The molecular weight excluding hydrogens is 260 g/mol. The van der Waals surface area contributed by atoms with Gasteiger partial charge in [-0.3, -0.25) is 4.79 Å². The zero-order valence-corrected chi connectivity index (χ0v) is 10.9. The SMILES string of the molecule is NCC#Cc1cccnc1C(=O)NCc1cscn1. The molecular formula is C13H12N4OS. The summed E-state index contributed by atoms with van der Waals surface area (Å²) in [5.41, 5.74) is 8.75. The topological polar surface area (TPSA) is 80.9 Å². The van der Waals surface area contributed by atoms with E-state index in [-0.39, 0.29) is 12.5 Å². The average Bonchev–Trinajstić information content (AvgIpc) is 2.96. The smallest absolute Gasteiger partial charge is 0.271 e. The van der Waals surface area contributed by atoms with Crippen molar-refractivity contribution in [3.8, 4) is 11.8 Å². The van der Waals surface area contributed by atoms with Crippen LogP contribution in [0.1, 0.15) is 21.7 Å². The van der Waals surface area contributed by atoms with Crippen molar-refractivity contribution in [2.75, 3.05) is 6.54 Å². The van der Waals surface area contributed by atoms with Crippen LogP contribution < -0.4 is 11.1 Å². The van der Waals surface area contributed by atoms with E-state index in [2.05, 4.69) is 27.1 Å². The third-order valence-corrected chi connectivity index (χ3v) is 2.90. The maximum absolute atomic E-state index is 12.0. The van der Waals surface area contributed by atoms with Crippen LogP contribution in [0, 0.1) is 11.8 Å². The summed E-state index contributed by atoms with van der Waals surface area (Å²) in [6, 6.07) is 3.48. The van der Waals surface area contributed by atoms with Crippen LogP contribution in [0.25, 0.3) is 0 Å². The molecule has 96 valence electrons. The second kappa shape index (κ2) is 6.64. The van der Waals surface area contributed by atoms with Crippen LogP contribution in [-0.4, -0.2) is 22.4 Å². The van der Waals surface area contributed by atoms with Crippen molar-refractivity contribution in [2.45, 2.75) is 6.54 Å². The Balaban J connectivity index is 2.10. The summed E-state index contributed by atoms with van der Waals surface area (Å²) in [6.07, 6.45) is 1.56. The van der Waals surface area contributed by atoms with E-state index < -0.39 is 0 Å². The minimum absolute atomic E-state index is 0.245. The Morgan fingerprint density at radius 1 is 1.47 bits per heavy atom. The monoisotopic (exact) mass is 272 g/mol.